The zero-order chi connectivity index (χ0) is 13.5. The van der Waals surface area contributed by atoms with Crippen molar-refractivity contribution in [3.8, 4) is 16.9 Å². The smallest absolute Gasteiger partial charge is 0.120 e. The van der Waals surface area contributed by atoms with Crippen molar-refractivity contribution in [2.75, 3.05) is 20.3 Å². The largest absolute Gasteiger partial charge is 0.491 e. The van der Waals surface area contributed by atoms with E-state index in [9.17, 15) is 0 Å². The molecule has 0 heterocycles. The molecule has 0 saturated heterocycles. The molecule has 0 fully saturated rings. The number of ether oxygens (including phenoxy) is 2. The highest BCUT2D eigenvalue weighted by Gasteiger charge is 2.00. The van der Waals surface area contributed by atoms with Gasteiger partial charge in [-0.15, -0.1) is 0 Å². The van der Waals surface area contributed by atoms with E-state index in [0.717, 1.165) is 22.4 Å². The summed E-state index contributed by atoms with van der Waals surface area (Å²) in [6, 6.07) is 16.3. The monoisotopic (exact) mass is 254 g/mol. The molecule has 0 saturated carbocycles. The summed E-state index contributed by atoms with van der Waals surface area (Å²) in [6.45, 7) is 4.95. The van der Waals surface area contributed by atoms with Crippen LogP contribution < -0.4 is 4.74 Å². The van der Waals surface area contributed by atoms with E-state index in [1.165, 1.54) is 0 Å². The number of rotatable bonds is 6. The van der Waals surface area contributed by atoms with Gasteiger partial charge in [-0.3, -0.25) is 0 Å². The molecule has 0 aromatic heterocycles. The van der Waals surface area contributed by atoms with Gasteiger partial charge in [0.05, 0.1) is 6.61 Å². The van der Waals surface area contributed by atoms with Crippen LogP contribution in [0.2, 0.25) is 0 Å². The van der Waals surface area contributed by atoms with Gasteiger partial charge in [-0.25, -0.2) is 0 Å². The average molecular weight is 254 g/mol. The SMILES string of the molecule is C=Cc1cccc(-c2cccc(OCCOC)c2)c1. The molecule has 0 aliphatic rings. The number of hydrogen-bond donors (Lipinski definition) is 0. The summed E-state index contributed by atoms with van der Waals surface area (Å²) < 4.78 is 10.6. The predicted molar refractivity (Wildman–Crippen MR) is 79.3 cm³/mol. The minimum absolute atomic E-state index is 0.562. The van der Waals surface area contributed by atoms with Crippen molar-refractivity contribution in [1.82, 2.24) is 0 Å². The van der Waals surface area contributed by atoms with Crippen LogP contribution in [0, 0.1) is 0 Å². The van der Waals surface area contributed by atoms with Gasteiger partial charge in [0.2, 0.25) is 0 Å². The first-order valence-corrected chi connectivity index (χ1v) is 6.28. The zero-order valence-corrected chi connectivity index (χ0v) is 11.1. The molecule has 0 spiro atoms. The molecule has 2 rings (SSSR count). The second kappa shape index (κ2) is 6.76. The van der Waals surface area contributed by atoms with Crippen molar-refractivity contribution in [3.05, 3.63) is 60.7 Å². The average Bonchev–Trinajstić information content (AvgIpc) is 2.48. The lowest BCUT2D eigenvalue weighted by Gasteiger charge is -2.08. The van der Waals surface area contributed by atoms with Crippen LogP contribution in [-0.2, 0) is 4.74 Å². The van der Waals surface area contributed by atoms with Crippen LogP contribution in [0.15, 0.2) is 55.1 Å². The lowest BCUT2D eigenvalue weighted by atomic mass is 10.0. The Morgan fingerprint density at radius 3 is 2.47 bits per heavy atom. The summed E-state index contributed by atoms with van der Waals surface area (Å²) >= 11 is 0. The maximum Gasteiger partial charge on any atom is 0.120 e. The van der Waals surface area contributed by atoms with Crippen molar-refractivity contribution in [1.29, 1.82) is 0 Å². The van der Waals surface area contributed by atoms with Gasteiger partial charge in [0.25, 0.3) is 0 Å². The Morgan fingerprint density at radius 2 is 1.74 bits per heavy atom. The van der Waals surface area contributed by atoms with Crippen molar-refractivity contribution < 1.29 is 9.47 Å². The standard InChI is InChI=1S/C17H18O2/c1-3-14-6-4-7-15(12-14)16-8-5-9-17(13-16)19-11-10-18-2/h3-9,12-13H,1,10-11H2,2H3. The van der Waals surface area contributed by atoms with E-state index in [1.807, 2.05) is 36.4 Å². The third kappa shape index (κ3) is 3.70. The molecule has 0 atom stereocenters. The number of benzene rings is 2. The first kappa shape index (κ1) is 13.4. The summed E-state index contributed by atoms with van der Waals surface area (Å²) in [7, 11) is 1.67. The molecule has 19 heavy (non-hydrogen) atoms. The Morgan fingerprint density at radius 1 is 1.00 bits per heavy atom. The highest BCUT2D eigenvalue weighted by molar-refractivity contribution is 5.68. The predicted octanol–water partition coefficient (Wildman–Crippen LogP) is 4.02. The zero-order valence-electron chi connectivity index (χ0n) is 11.1. The van der Waals surface area contributed by atoms with E-state index in [0.29, 0.717) is 13.2 Å². The Balaban J connectivity index is 2.19. The third-order valence-corrected chi connectivity index (χ3v) is 2.85. The van der Waals surface area contributed by atoms with Gasteiger partial charge in [0, 0.05) is 7.11 Å². The first-order chi connectivity index (χ1) is 9.33. The van der Waals surface area contributed by atoms with Gasteiger partial charge in [-0.1, -0.05) is 43.0 Å². The molecule has 0 N–H and O–H groups in total. The second-order valence-electron chi connectivity index (χ2n) is 4.20. The lowest BCUT2D eigenvalue weighted by molar-refractivity contribution is 0.146. The van der Waals surface area contributed by atoms with Crippen LogP contribution in [0.5, 0.6) is 5.75 Å². The van der Waals surface area contributed by atoms with E-state index in [4.69, 9.17) is 9.47 Å². The highest BCUT2D eigenvalue weighted by Crippen LogP contribution is 2.24. The molecule has 2 nitrogen and oxygen atoms in total. The maximum atomic E-state index is 5.62. The summed E-state index contributed by atoms with van der Waals surface area (Å²) in [5.74, 6) is 0.860. The van der Waals surface area contributed by atoms with Crippen LogP contribution in [-0.4, -0.2) is 20.3 Å². The molecule has 2 heteroatoms. The topological polar surface area (TPSA) is 18.5 Å². The van der Waals surface area contributed by atoms with Crippen LogP contribution in [0.3, 0.4) is 0 Å². The van der Waals surface area contributed by atoms with Crippen LogP contribution >= 0.6 is 0 Å². The van der Waals surface area contributed by atoms with Gasteiger partial charge < -0.3 is 9.47 Å². The molecule has 0 unspecified atom stereocenters. The van der Waals surface area contributed by atoms with Crippen LogP contribution in [0.4, 0.5) is 0 Å². The first-order valence-electron chi connectivity index (χ1n) is 6.28. The minimum atomic E-state index is 0.562. The molecule has 0 amide bonds. The summed E-state index contributed by atoms with van der Waals surface area (Å²) in [6.07, 6.45) is 1.85. The lowest BCUT2D eigenvalue weighted by Crippen LogP contribution is -2.04. The molecule has 0 aliphatic carbocycles. The van der Waals surface area contributed by atoms with E-state index < -0.39 is 0 Å². The summed E-state index contributed by atoms with van der Waals surface area (Å²) in [5, 5.41) is 0. The molecule has 0 bridgehead atoms. The number of methoxy groups -OCH3 is 1. The molecular formula is C17H18O2. The van der Waals surface area contributed by atoms with Gasteiger partial charge in [0.1, 0.15) is 12.4 Å². The van der Waals surface area contributed by atoms with E-state index in [-0.39, 0.29) is 0 Å². The Bertz CT molecular complexity index is 546. The molecule has 2 aromatic carbocycles. The normalized spacial score (nSPS) is 10.2. The highest BCUT2D eigenvalue weighted by atomic mass is 16.5. The van der Waals surface area contributed by atoms with Gasteiger partial charge >= 0.3 is 0 Å². The van der Waals surface area contributed by atoms with E-state index in [2.05, 4.69) is 24.8 Å². The molecule has 0 aliphatic heterocycles. The van der Waals surface area contributed by atoms with E-state index >= 15 is 0 Å². The quantitative estimate of drug-likeness (QED) is 0.725. The van der Waals surface area contributed by atoms with Crippen LogP contribution in [0.1, 0.15) is 5.56 Å². The van der Waals surface area contributed by atoms with Crippen molar-refractivity contribution in [2.24, 2.45) is 0 Å². The van der Waals surface area contributed by atoms with E-state index in [1.54, 1.807) is 7.11 Å². The number of hydrogen-bond acceptors (Lipinski definition) is 2. The molecular weight excluding hydrogens is 236 g/mol. The Kier molecular flexibility index (Phi) is 4.76. The van der Waals surface area contributed by atoms with Crippen LogP contribution in [0.25, 0.3) is 17.2 Å². The summed E-state index contributed by atoms with van der Waals surface area (Å²) in [5.41, 5.74) is 3.41. The molecule has 0 radical (unpaired) electrons. The Labute approximate surface area is 114 Å². The van der Waals surface area contributed by atoms with Gasteiger partial charge in [-0.05, 0) is 34.9 Å². The molecule has 2 aromatic rings. The van der Waals surface area contributed by atoms with Gasteiger partial charge in [-0.2, -0.15) is 0 Å². The third-order valence-electron chi connectivity index (χ3n) is 2.85. The van der Waals surface area contributed by atoms with Gasteiger partial charge in [0.15, 0.2) is 0 Å². The minimum Gasteiger partial charge on any atom is -0.491 e. The fourth-order valence-corrected chi connectivity index (χ4v) is 1.85. The van der Waals surface area contributed by atoms with Crippen molar-refractivity contribution in [2.45, 2.75) is 0 Å². The Hall–Kier alpha value is -2.06. The van der Waals surface area contributed by atoms with Crippen molar-refractivity contribution >= 4 is 6.08 Å². The fraction of sp³-hybridized carbons (Fsp3) is 0.176. The fourth-order valence-electron chi connectivity index (χ4n) is 1.85. The second-order valence-corrected chi connectivity index (χ2v) is 4.20. The molecule has 98 valence electrons. The maximum absolute atomic E-state index is 5.62. The summed E-state index contributed by atoms with van der Waals surface area (Å²) in [4.78, 5) is 0. The van der Waals surface area contributed by atoms with Crippen molar-refractivity contribution in [3.63, 3.8) is 0 Å².